The summed E-state index contributed by atoms with van der Waals surface area (Å²) >= 11 is 0. The van der Waals surface area contributed by atoms with Gasteiger partial charge < -0.3 is 14.6 Å². The average Bonchev–Trinajstić information content (AvgIpc) is 3.37. The van der Waals surface area contributed by atoms with Crippen LogP contribution in [-0.2, 0) is 28.8 Å². The second-order valence-electron chi connectivity index (χ2n) is 10.6. The Balaban J connectivity index is 1.67. The van der Waals surface area contributed by atoms with Crippen LogP contribution in [0.4, 0.5) is 0 Å². The molecule has 0 radical (unpaired) electrons. The number of allylic oxidation sites excluding steroid dienone is 1. The highest BCUT2D eigenvalue weighted by molar-refractivity contribution is 6.10. The minimum atomic E-state index is -0.962. The predicted molar refractivity (Wildman–Crippen MR) is 103 cm³/mol. The van der Waals surface area contributed by atoms with Crippen molar-refractivity contribution in [1.82, 2.24) is 0 Å². The maximum Gasteiger partial charge on any atom is 0.190 e. The molecule has 1 spiro atoms. The number of methoxy groups -OCH3 is 1. The molecule has 30 heavy (non-hydrogen) atoms. The number of epoxide rings is 1. The van der Waals surface area contributed by atoms with Crippen LogP contribution in [0.15, 0.2) is 23.3 Å². The van der Waals surface area contributed by atoms with Crippen LogP contribution in [0.2, 0.25) is 0 Å². The van der Waals surface area contributed by atoms with E-state index in [2.05, 4.69) is 0 Å². The molecular weight excluding hydrogens is 388 g/mol. The molecule has 2 heterocycles. The maximum atomic E-state index is 14.2. The van der Waals surface area contributed by atoms with E-state index in [-0.39, 0.29) is 35.4 Å². The first-order valence-electron chi connectivity index (χ1n) is 10.8. The van der Waals surface area contributed by atoms with Crippen molar-refractivity contribution in [2.75, 3.05) is 7.11 Å². The van der Waals surface area contributed by atoms with E-state index >= 15 is 0 Å². The molecule has 1 N–H and O–H groups in total. The second-order valence-corrected chi connectivity index (χ2v) is 10.6. The van der Waals surface area contributed by atoms with E-state index in [1.807, 2.05) is 39.8 Å². The summed E-state index contributed by atoms with van der Waals surface area (Å²) in [6.07, 6.45) is 1.01. The summed E-state index contributed by atoms with van der Waals surface area (Å²) in [5.41, 5.74) is -0.193. The molecule has 1 unspecified atom stereocenters. The standard InChI is InChI=1S/C23H28O7/c1-8(2)6-11-23-10(22(3,4)27-5)7-9-12(21(23)26)13-15(23)18(30-29-11)14(17(13)25)19-20(28-19)16(9)24/h6-7,10-15,17-20,25H,1-5H3/t10-,11+,12-,13+,14?,15-,17+,18+,19-,20+,23-/m0/s1. The van der Waals surface area contributed by atoms with E-state index in [9.17, 15) is 14.7 Å². The highest BCUT2D eigenvalue weighted by atomic mass is 17.2. The van der Waals surface area contributed by atoms with Crippen LogP contribution >= 0.6 is 0 Å². The van der Waals surface area contributed by atoms with Gasteiger partial charge in [-0.1, -0.05) is 17.7 Å². The number of carbonyl (C=O) groups excluding carboxylic acids is 2. The van der Waals surface area contributed by atoms with Crippen molar-refractivity contribution in [1.29, 1.82) is 0 Å². The van der Waals surface area contributed by atoms with Crippen molar-refractivity contribution in [2.45, 2.75) is 63.8 Å². The monoisotopic (exact) mass is 416 g/mol. The van der Waals surface area contributed by atoms with Gasteiger partial charge >= 0.3 is 0 Å². The van der Waals surface area contributed by atoms with Crippen LogP contribution in [0.25, 0.3) is 0 Å². The van der Waals surface area contributed by atoms with Gasteiger partial charge in [-0.3, -0.25) is 9.59 Å². The van der Waals surface area contributed by atoms with Gasteiger partial charge in [0, 0.05) is 36.4 Å². The number of carbonyl (C=O) groups is 2. The number of aliphatic hydroxyl groups is 1. The van der Waals surface area contributed by atoms with E-state index in [1.165, 1.54) is 0 Å². The van der Waals surface area contributed by atoms with Crippen molar-refractivity contribution < 1.29 is 33.9 Å². The molecule has 6 aliphatic rings. The summed E-state index contributed by atoms with van der Waals surface area (Å²) in [7, 11) is 1.63. The summed E-state index contributed by atoms with van der Waals surface area (Å²) < 4.78 is 11.6. The number of Topliss-reactive ketones (excluding diaryl/α,β-unsaturated/α-hetero) is 2. The molecule has 6 rings (SSSR count). The van der Waals surface area contributed by atoms with Crippen molar-refractivity contribution in [2.24, 2.45) is 35.0 Å². The van der Waals surface area contributed by atoms with E-state index in [1.54, 1.807) is 7.11 Å². The number of aliphatic hydroxyl groups excluding tert-OH is 1. The molecule has 3 saturated carbocycles. The zero-order valence-corrected chi connectivity index (χ0v) is 17.8. The Morgan fingerprint density at radius 1 is 1.20 bits per heavy atom. The number of ether oxygens (including phenoxy) is 2. The number of hydrogen-bond donors (Lipinski definition) is 1. The molecule has 0 aromatic carbocycles. The topological polar surface area (TPSA) is 94.6 Å². The molecule has 4 bridgehead atoms. The normalized spacial score (nSPS) is 52.5. The van der Waals surface area contributed by atoms with Gasteiger partial charge in [0.15, 0.2) is 11.6 Å². The minimum absolute atomic E-state index is 0.0223. The lowest BCUT2D eigenvalue weighted by molar-refractivity contribution is -0.410. The van der Waals surface area contributed by atoms with Gasteiger partial charge in [-0.2, -0.15) is 0 Å². The van der Waals surface area contributed by atoms with E-state index in [0.717, 1.165) is 5.57 Å². The lowest BCUT2D eigenvalue weighted by Crippen LogP contribution is -2.63. The lowest BCUT2D eigenvalue weighted by atomic mass is 9.54. The Kier molecular flexibility index (Phi) is 3.67. The largest absolute Gasteiger partial charge is 0.392 e. The second kappa shape index (κ2) is 5.70. The van der Waals surface area contributed by atoms with Crippen LogP contribution in [0.1, 0.15) is 27.7 Å². The number of fused-ring (bicyclic) bond motifs is 4. The third-order valence-corrected chi connectivity index (χ3v) is 8.73. The fraction of sp³-hybridized carbons (Fsp3) is 0.739. The van der Waals surface area contributed by atoms with Crippen molar-refractivity contribution >= 4 is 11.6 Å². The Morgan fingerprint density at radius 2 is 1.93 bits per heavy atom. The Labute approximate surface area is 175 Å². The molecule has 7 nitrogen and oxygen atoms in total. The van der Waals surface area contributed by atoms with Crippen LogP contribution < -0.4 is 0 Å². The Morgan fingerprint density at radius 3 is 2.60 bits per heavy atom. The molecule has 0 aromatic heterocycles. The molecule has 0 amide bonds. The molecule has 0 aromatic rings. The summed E-state index contributed by atoms with van der Waals surface area (Å²) in [5, 5.41) is 11.4. The van der Waals surface area contributed by atoms with Crippen LogP contribution in [0.3, 0.4) is 0 Å². The van der Waals surface area contributed by atoms with Gasteiger partial charge in [0.1, 0.15) is 24.4 Å². The van der Waals surface area contributed by atoms with Gasteiger partial charge in [-0.05, 0) is 27.7 Å². The van der Waals surface area contributed by atoms with Gasteiger partial charge in [0.2, 0.25) is 0 Å². The quantitative estimate of drug-likeness (QED) is 0.422. The van der Waals surface area contributed by atoms with Crippen molar-refractivity contribution in [3.8, 4) is 0 Å². The summed E-state index contributed by atoms with van der Waals surface area (Å²) in [4.78, 5) is 39.5. The number of rotatable bonds is 3. The van der Waals surface area contributed by atoms with E-state index < -0.39 is 47.3 Å². The first-order valence-corrected chi connectivity index (χ1v) is 10.8. The van der Waals surface area contributed by atoms with Gasteiger partial charge in [0.05, 0.1) is 23.0 Å². The first-order chi connectivity index (χ1) is 14.2. The summed E-state index contributed by atoms with van der Waals surface area (Å²) in [5.74, 6) is -2.20. The zero-order chi connectivity index (χ0) is 21.3. The van der Waals surface area contributed by atoms with Crippen LogP contribution in [0.5, 0.6) is 0 Å². The van der Waals surface area contributed by atoms with Crippen molar-refractivity contribution in [3.63, 3.8) is 0 Å². The molecule has 11 atom stereocenters. The smallest absolute Gasteiger partial charge is 0.190 e. The summed E-state index contributed by atoms with van der Waals surface area (Å²) in [6.45, 7) is 7.81. The highest BCUT2D eigenvalue weighted by Gasteiger charge is 2.82. The molecule has 5 fully saturated rings. The van der Waals surface area contributed by atoms with E-state index in [0.29, 0.717) is 5.57 Å². The molecule has 2 saturated heterocycles. The van der Waals surface area contributed by atoms with Crippen LogP contribution in [-0.4, -0.2) is 59.9 Å². The fourth-order valence-corrected chi connectivity index (χ4v) is 7.47. The molecule has 7 heteroatoms. The third kappa shape index (κ3) is 1.95. The molecule has 2 aliphatic heterocycles. The zero-order valence-electron chi connectivity index (χ0n) is 17.8. The lowest BCUT2D eigenvalue weighted by Gasteiger charge is -2.54. The molecular formula is C23H28O7. The van der Waals surface area contributed by atoms with Crippen LogP contribution in [0, 0.1) is 35.0 Å². The molecule has 4 aliphatic carbocycles. The fourth-order valence-electron chi connectivity index (χ4n) is 7.47. The highest BCUT2D eigenvalue weighted by Crippen LogP contribution is 2.72. The SMILES string of the molecule is COC(C)(C)[C@@H]1C=C2C(=O)[C@H]3O[C@H]3C3[C@H]4OO[C@H](C=C(C)C)[C@@]15C(=O)[C@@H]2[C@H]([C@@H]45)[C@H]3O. The van der Waals surface area contributed by atoms with Gasteiger partial charge in [0.25, 0.3) is 0 Å². The van der Waals surface area contributed by atoms with Crippen molar-refractivity contribution in [3.05, 3.63) is 23.3 Å². The number of hydrogen-bond acceptors (Lipinski definition) is 7. The van der Waals surface area contributed by atoms with Gasteiger partial charge in [-0.25, -0.2) is 9.78 Å². The average molecular weight is 416 g/mol. The maximum absolute atomic E-state index is 14.2. The Bertz CT molecular complexity index is 915. The molecule has 162 valence electrons. The first kappa shape index (κ1) is 19.3. The minimum Gasteiger partial charge on any atom is -0.392 e. The third-order valence-electron chi connectivity index (χ3n) is 8.73. The van der Waals surface area contributed by atoms with E-state index in [4.69, 9.17) is 19.2 Å². The number of ketones is 2. The summed E-state index contributed by atoms with van der Waals surface area (Å²) in [6, 6.07) is 0. The predicted octanol–water partition coefficient (Wildman–Crippen LogP) is 1.39. The van der Waals surface area contributed by atoms with Gasteiger partial charge in [-0.15, -0.1) is 0 Å². The Hall–Kier alpha value is -1.38.